The number of aromatic nitrogens is 3. The number of hydrogen-bond acceptors (Lipinski definition) is 4. The summed E-state index contributed by atoms with van der Waals surface area (Å²) in [6.45, 7) is 1.86. The predicted molar refractivity (Wildman–Crippen MR) is 53.8 cm³/mol. The van der Waals surface area contributed by atoms with Crippen molar-refractivity contribution in [1.82, 2.24) is 14.6 Å². The molecule has 0 saturated carbocycles. The van der Waals surface area contributed by atoms with Crippen LogP contribution in [0.5, 0.6) is 0 Å². The molecule has 2 rings (SSSR count). The molecule has 0 aromatic carbocycles. The highest BCUT2D eigenvalue weighted by molar-refractivity contribution is 5.85. The van der Waals surface area contributed by atoms with Crippen LogP contribution in [0.15, 0.2) is 12.3 Å². The molecule has 70 valence electrons. The van der Waals surface area contributed by atoms with E-state index < -0.39 is 0 Å². The Morgan fingerprint density at radius 1 is 1.38 bits per heavy atom. The summed E-state index contributed by atoms with van der Waals surface area (Å²) in [6, 6.07) is 1.75. The van der Waals surface area contributed by atoms with E-state index in [1.165, 1.54) is 10.7 Å². The van der Waals surface area contributed by atoms with E-state index in [9.17, 15) is 0 Å². The first-order valence-electron chi connectivity index (χ1n) is 3.55. The van der Waals surface area contributed by atoms with Gasteiger partial charge in [0.15, 0.2) is 5.65 Å². The minimum atomic E-state index is 0. The average Bonchev–Trinajstić information content (AvgIpc) is 2.33. The molecule has 5 nitrogen and oxygen atoms in total. The third-order valence-corrected chi connectivity index (χ3v) is 1.65. The van der Waals surface area contributed by atoms with Gasteiger partial charge < -0.3 is 11.5 Å². The van der Waals surface area contributed by atoms with Crippen molar-refractivity contribution < 1.29 is 0 Å². The SMILES string of the molecule is Cc1cc(N)n2ncc(N)c2n1.Cl. The van der Waals surface area contributed by atoms with Gasteiger partial charge >= 0.3 is 0 Å². The molecule has 0 atom stereocenters. The monoisotopic (exact) mass is 199 g/mol. The van der Waals surface area contributed by atoms with Gasteiger partial charge in [-0.15, -0.1) is 12.4 Å². The standard InChI is InChI=1S/C7H9N5.ClH/c1-4-2-6(9)12-7(11-4)5(8)3-10-12;/h2-3H,8-9H2,1H3;1H. The van der Waals surface area contributed by atoms with Crippen LogP contribution in [-0.2, 0) is 0 Å². The number of nitrogens with two attached hydrogens (primary N) is 2. The molecule has 0 aliphatic carbocycles. The van der Waals surface area contributed by atoms with Crippen LogP contribution in [0.2, 0.25) is 0 Å². The fourth-order valence-electron chi connectivity index (χ4n) is 1.13. The Balaban J connectivity index is 0.000000845. The second-order valence-corrected chi connectivity index (χ2v) is 2.66. The summed E-state index contributed by atoms with van der Waals surface area (Å²) in [6.07, 6.45) is 1.54. The average molecular weight is 200 g/mol. The van der Waals surface area contributed by atoms with E-state index in [0.29, 0.717) is 17.2 Å². The molecule has 2 aromatic rings. The second kappa shape index (κ2) is 3.10. The maximum atomic E-state index is 5.68. The summed E-state index contributed by atoms with van der Waals surface area (Å²) < 4.78 is 1.52. The van der Waals surface area contributed by atoms with E-state index in [4.69, 9.17) is 11.5 Å². The Kier molecular flexibility index (Phi) is 2.29. The predicted octanol–water partition coefficient (Wildman–Crippen LogP) is 0.624. The fourth-order valence-corrected chi connectivity index (χ4v) is 1.13. The lowest BCUT2D eigenvalue weighted by Gasteiger charge is -1.99. The molecule has 0 aliphatic rings. The summed E-state index contributed by atoms with van der Waals surface area (Å²) in [4.78, 5) is 4.19. The summed E-state index contributed by atoms with van der Waals surface area (Å²) in [5.74, 6) is 0.550. The summed E-state index contributed by atoms with van der Waals surface area (Å²) in [7, 11) is 0. The molecule has 0 radical (unpaired) electrons. The highest BCUT2D eigenvalue weighted by Gasteiger charge is 2.04. The van der Waals surface area contributed by atoms with Crippen LogP contribution in [0, 0.1) is 6.92 Å². The smallest absolute Gasteiger partial charge is 0.180 e. The van der Waals surface area contributed by atoms with Gasteiger partial charge in [0.2, 0.25) is 0 Å². The molecular weight excluding hydrogens is 190 g/mol. The largest absolute Gasteiger partial charge is 0.394 e. The zero-order valence-electron chi connectivity index (χ0n) is 7.06. The number of anilines is 2. The molecule has 4 N–H and O–H groups in total. The van der Waals surface area contributed by atoms with Crippen molar-refractivity contribution in [2.75, 3.05) is 11.5 Å². The van der Waals surface area contributed by atoms with Crippen LogP contribution in [-0.4, -0.2) is 14.6 Å². The molecule has 2 aromatic heterocycles. The van der Waals surface area contributed by atoms with Crippen molar-refractivity contribution in [3.8, 4) is 0 Å². The summed E-state index contributed by atoms with van der Waals surface area (Å²) >= 11 is 0. The minimum absolute atomic E-state index is 0. The number of nitrogens with zero attached hydrogens (tertiary/aromatic N) is 3. The van der Waals surface area contributed by atoms with Crippen LogP contribution in [0.1, 0.15) is 5.69 Å². The Labute approximate surface area is 81.2 Å². The molecule has 0 aliphatic heterocycles. The highest BCUT2D eigenvalue weighted by atomic mass is 35.5. The molecule has 13 heavy (non-hydrogen) atoms. The maximum absolute atomic E-state index is 5.68. The summed E-state index contributed by atoms with van der Waals surface area (Å²) in [5, 5.41) is 3.96. The van der Waals surface area contributed by atoms with Crippen molar-refractivity contribution in [2.45, 2.75) is 6.92 Å². The van der Waals surface area contributed by atoms with Gasteiger partial charge in [-0.1, -0.05) is 0 Å². The van der Waals surface area contributed by atoms with E-state index in [2.05, 4.69) is 10.1 Å². The van der Waals surface area contributed by atoms with Gasteiger partial charge in [-0.2, -0.15) is 9.61 Å². The van der Waals surface area contributed by atoms with E-state index in [0.717, 1.165) is 5.69 Å². The van der Waals surface area contributed by atoms with Gasteiger partial charge in [0.25, 0.3) is 0 Å². The van der Waals surface area contributed by atoms with E-state index in [1.54, 1.807) is 6.07 Å². The van der Waals surface area contributed by atoms with Crippen LogP contribution < -0.4 is 11.5 Å². The van der Waals surface area contributed by atoms with Crippen LogP contribution in [0.25, 0.3) is 5.65 Å². The van der Waals surface area contributed by atoms with Gasteiger partial charge in [-0.3, -0.25) is 0 Å². The molecule has 0 amide bonds. The van der Waals surface area contributed by atoms with Crippen LogP contribution in [0.4, 0.5) is 11.5 Å². The number of rotatable bonds is 0. The lowest BCUT2D eigenvalue weighted by Crippen LogP contribution is -2.01. The first-order valence-corrected chi connectivity index (χ1v) is 3.55. The zero-order valence-corrected chi connectivity index (χ0v) is 7.88. The second-order valence-electron chi connectivity index (χ2n) is 2.66. The number of halogens is 1. The Bertz CT molecular complexity index is 436. The van der Waals surface area contributed by atoms with E-state index in [1.807, 2.05) is 6.92 Å². The van der Waals surface area contributed by atoms with Gasteiger partial charge in [0, 0.05) is 11.8 Å². The third-order valence-electron chi connectivity index (χ3n) is 1.65. The Hall–Kier alpha value is -1.49. The minimum Gasteiger partial charge on any atom is -0.394 e. The number of fused-ring (bicyclic) bond motifs is 1. The van der Waals surface area contributed by atoms with Crippen molar-refractivity contribution in [1.29, 1.82) is 0 Å². The lowest BCUT2D eigenvalue weighted by molar-refractivity contribution is 0.942. The molecule has 0 unspecified atom stereocenters. The van der Waals surface area contributed by atoms with Crippen molar-refractivity contribution >= 4 is 29.6 Å². The zero-order chi connectivity index (χ0) is 8.72. The summed E-state index contributed by atoms with van der Waals surface area (Å²) in [5.41, 5.74) is 13.3. The quantitative estimate of drug-likeness (QED) is 0.652. The molecule has 6 heteroatoms. The number of nitrogen functional groups attached to an aromatic ring is 2. The molecule has 0 bridgehead atoms. The normalized spacial score (nSPS) is 9.92. The molecular formula is C7H10ClN5. The van der Waals surface area contributed by atoms with Crippen LogP contribution in [0.3, 0.4) is 0 Å². The van der Waals surface area contributed by atoms with Crippen molar-refractivity contribution in [2.24, 2.45) is 0 Å². The van der Waals surface area contributed by atoms with E-state index >= 15 is 0 Å². The van der Waals surface area contributed by atoms with E-state index in [-0.39, 0.29) is 12.4 Å². The molecule has 2 heterocycles. The molecule has 0 spiro atoms. The lowest BCUT2D eigenvalue weighted by atomic mass is 10.4. The van der Waals surface area contributed by atoms with Gasteiger partial charge in [-0.25, -0.2) is 4.98 Å². The first kappa shape index (κ1) is 9.60. The van der Waals surface area contributed by atoms with Gasteiger partial charge in [0.05, 0.1) is 11.9 Å². The van der Waals surface area contributed by atoms with Crippen molar-refractivity contribution in [3.05, 3.63) is 18.0 Å². The highest BCUT2D eigenvalue weighted by Crippen LogP contribution is 2.13. The maximum Gasteiger partial charge on any atom is 0.180 e. The van der Waals surface area contributed by atoms with Gasteiger partial charge in [-0.05, 0) is 6.92 Å². The third kappa shape index (κ3) is 1.38. The number of aryl methyl sites for hydroxylation is 1. The first-order chi connectivity index (χ1) is 5.68. The molecule has 0 saturated heterocycles. The van der Waals surface area contributed by atoms with Crippen molar-refractivity contribution in [3.63, 3.8) is 0 Å². The number of hydrogen-bond donors (Lipinski definition) is 2. The Morgan fingerprint density at radius 2 is 2.08 bits per heavy atom. The fraction of sp³-hybridized carbons (Fsp3) is 0.143. The Morgan fingerprint density at radius 3 is 2.77 bits per heavy atom. The van der Waals surface area contributed by atoms with Gasteiger partial charge in [0.1, 0.15) is 5.82 Å². The topological polar surface area (TPSA) is 82.2 Å². The molecule has 0 fully saturated rings. The van der Waals surface area contributed by atoms with Crippen LogP contribution >= 0.6 is 12.4 Å².